The van der Waals surface area contributed by atoms with E-state index in [0.717, 1.165) is 5.69 Å². The molecule has 0 saturated heterocycles. The number of hydrogen-bond donors (Lipinski definition) is 1. The number of rotatable bonds is 1. The Hall–Kier alpha value is -2.29. The number of esters is 1. The highest BCUT2D eigenvalue weighted by molar-refractivity contribution is 5.89. The summed E-state index contributed by atoms with van der Waals surface area (Å²) in [5.74, 6) is -0.291. The second-order valence-corrected chi connectivity index (χ2v) is 3.27. The molecular weight excluding hydrogens is 214 g/mol. The molecule has 0 saturated carbocycles. The van der Waals surface area contributed by atoms with Crippen LogP contribution in [0.1, 0.15) is 10.4 Å². The van der Waals surface area contributed by atoms with Crippen molar-refractivity contribution in [1.82, 2.24) is 0 Å². The number of benzene rings is 2. The van der Waals surface area contributed by atoms with Gasteiger partial charge in [0, 0.05) is 5.69 Å². The third kappa shape index (κ3) is 4.84. The largest absolute Gasteiger partial charge is 0.465 e. The normalized spacial score (nSPS) is 8.76. The lowest BCUT2D eigenvalue weighted by Gasteiger charge is -1.95. The minimum Gasteiger partial charge on any atom is -0.465 e. The van der Waals surface area contributed by atoms with Crippen molar-refractivity contribution in [1.29, 1.82) is 0 Å². The Bertz CT molecular complexity index is 440. The maximum absolute atomic E-state index is 10.8. The van der Waals surface area contributed by atoms with Gasteiger partial charge in [0.1, 0.15) is 0 Å². The standard InChI is InChI=1S/C8H8O2.C6H7N/c1-10-8(9)7-5-3-2-4-6-7;7-6-4-2-1-3-5-6/h2-6H,1H3;1-5H,7H2. The van der Waals surface area contributed by atoms with E-state index in [9.17, 15) is 4.79 Å². The molecular formula is C14H15NO2. The molecule has 0 aromatic heterocycles. The maximum atomic E-state index is 10.8. The van der Waals surface area contributed by atoms with Gasteiger partial charge in [0.15, 0.2) is 0 Å². The molecule has 0 aliphatic heterocycles. The molecule has 2 aromatic rings. The van der Waals surface area contributed by atoms with Crippen molar-refractivity contribution in [3.05, 3.63) is 66.2 Å². The van der Waals surface area contributed by atoms with Gasteiger partial charge in [-0.2, -0.15) is 0 Å². The number of carbonyl (C=O) groups excluding carboxylic acids is 1. The molecule has 0 amide bonds. The number of carbonyl (C=O) groups is 1. The van der Waals surface area contributed by atoms with Crippen LogP contribution in [0.3, 0.4) is 0 Å². The Kier molecular flexibility index (Phi) is 5.31. The zero-order valence-electron chi connectivity index (χ0n) is 9.67. The molecule has 0 spiro atoms. The molecule has 3 nitrogen and oxygen atoms in total. The van der Waals surface area contributed by atoms with Crippen LogP contribution in [0.25, 0.3) is 0 Å². The second-order valence-electron chi connectivity index (χ2n) is 3.27. The van der Waals surface area contributed by atoms with Gasteiger partial charge in [-0.25, -0.2) is 4.79 Å². The van der Waals surface area contributed by atoms with Crippen LogP contribution < -0.4 is 5.73 Å². The molecule has 0 radical (unpaired) electrons. The van der Waals surface area contributed by atoms with Gasteiger partial charge in [-0.15, -0.1) is 0 Å². The summed E-state index contributed by atoms with van der Waals surface area (Å²) in [6, 6.07) is 18.4. The van der Waals surface area contributed by atoms with E-state index >= 15 is 0 Å². The van der Waals surface area contributed by atoms with E-state index < -0.39 is 0 Å². The first-order valence-electron chi connectivity index (χ1n) is 5.18. The quantitative estimate of drug-likeness (QED) is 0.604. The minimum absolute atomic E-state index is 0.291. The van der Waals surface area contributed by atoms with Crippen molar-refractivity contribution in [3.8, 4) is 0 Å². The van der Waals surface area contributed by atoms with Crippen molar-refractivity contribution in [2.75, 3.05) is 12.8 Å². The van der Waals surface area contributed by atoms with Gasteiger partial charge < -0.3 is 10.5 Å². The number of para-hydroxylation sites is 1. The van der Waals surface area contributed by atoms with Crippen molar-refractivity contribution >= 4 is 11.7 Å². The molecule has 3 heteroatoms. The van der Waals surface area contributed by atoms with Crippen molar-refractivity contribution in [3.63, 3.8) is 0 Å². The van der Waals surface area contributed by atoms with Crippen LogP contribution in [0.5, 0.6) is 0 Å². The third-order valence-corrected chi connectivity index (χ3v) is 1.99. The van der Waals surface area contributed by atoms with Gasteiger partial charge in [-0.1, -0.05) is 36.4 Å². The highest BCUT2D eigenvalue weighted by Crippen LogP contribution is 1.98. The van der Waals surface area contributed by atoms with Crippen LogP contribution in [-0.4, -0.2) is 13.1 Å². The van der Waals surface area contributed by atoms with Gasteiger partial charge in [-0.3, -0.25) is 0 Å². The van der Waals surface area contributed by atoms with E-state index in [1.807, 2.05) is 36.4 Å². The van der Waals surface area contributed by atoms with Crippen LogP contribution in [0.2, 0.25) is 0 Å². The number of anilines is 1. The predicted octanol–water partition coefficient (Wildman–Crippen LogP) is 2.74. The molecule has 2 aromatic carbocycles. The molecule has 0 aliphatic rings. The molecule has 88 valence electrons. The van der Waals surface area contributed by atoms with Crippen molar-refractivity contribution < 1.29 is 9.53 Å². The Morgan fingerprint density at radius 1 is 0.941 bits per heavy atom. The topological polar surface area (TPSA) is 52.3 Å². The fourth-order valence-corrected chi connectivity index (χ4v) is 1.15. The van der Waals surface area contributed by atoms with Gasteiger partial charge in [0.05, 0.1) is 12.7 Å². The molecule has 2 rings (SSSR count). The van der Waals surface area contributed by atoms with Gasteiger partial charge in [0.25, 0.3) is 0 Å². The first-order valence-corrected chi connectivity index (χ1v) is 5.18. The van der Waals surface area contributed by atoms with Crippen LogP contribution in [0, 0.1) is 0 Å². The summed E-state index contributed by atoms with van der Waals surface area (Å²) in [5.41, 5.74) is 6.77. The third-order valence-electron chi connectivity index (χ3n) is 1.99. The number of ether oxygens (including phenoxy) is 1. The van der Waals surface area contributed by atoms with Crippen LogP contribution in [-0.2, 0) is 4.74 Å². The molecule has 0 fully saturated rings. The van der Waals surface area contributed by atoms with Gasteiger partial charge in [-0.05, 0) is 24.3 Å². The molecule has 0 atom stereocenters. The number of methoxy groups -OCH3 is 1. The Labute approximate surface area is 101 Å². The van der Waals surface area contributed by atoms with Gasteiger partial charge in [0.2, 0.25) is 0 Å². The average molecular weight is 229 g/mol. The second kappa shape index (κ2) is 7.06. The van der Waals surface area contributed by atoms with E-state index in [1.54, 1.807) is 24.3 Å². The summed E-state index contributed by atoms with van der Waals surface area (Å²) < 4.78 is 4.50. The first-order chi connectivity index (χ1) is 8.24. The van der Waals surface area contributed by atoms with E-state index in [0.29, 0.717) is 5.56 Å². The van der Waals surface area contributed by atoms with Crippen LogP contribution in [0.15, 0.2) is 60.7 Å². The zero-order chi connectivity index (χ0) is 12.5. The molecule has 0 unspecified atom stereocenters. The van der Waals surface area contributed by atoms with E-state index in [4.69, 9.17) is 5.73 Å². The fourth-order valence-electron chi connectivity index (χ4n) is 1.15. The van der Waals surface area contributed by atoms with Crippen LogP contribution >= 0.6 is 0 Å². The Morgan fingerprint density at radius 3 is 1.76 bits per heavy atom. The van der Waals surface area contributed by atoms with E-state index in [1.165, 1.54) is 7.11 Å². The molecule has 17 heavy (non-hydrogen) atoms. The first kappa shape index (κ1) is 12.8. The summed E-state index contributed by atoms with van der Waals surface area (Å²) in [4.78, 5) is 10.8. The summed E-state index contributed by atoms with van der Waals surface area (Å²) in [6.07, 6.45) is 0. The molecule has 0 bridgehead atoms. The maximum Gasteiger partial charge on any atom is 0.337 e. The highest BCUT2D eigenvalue weighted by Gasteiger charge is 2.00. The lowest BCUT2D eigenvalue weighted by Crippen LogP contribution is -1.99. The van der Waals surface area contributed by atoms with Crippen LogP contribution in [0.4, 0.5) is 5.69 Å². The van der Waals surface area contributed by atoms with Crippen molar-refractivity contribution in [2.45, 2.75) is 0 Å². The molecule has 0 heterocycles. The summed E-state index contributed by atoms with van der Waals surface area (Å²) in [6.45, 7) is 0. The Balaban J connectivity index is 0.000000181. The lowest BCUT2D eigenvalue weighted by molar-refractivity contribution is 0.0601. The number of nitrogens with two attached hydrogens (primary N) is 1. The minimum atomic E-state index is -0.291. The smallest absolute Gasteiger partial charge is 0.337 e. The van der Waals surface area contributed by atoms with E-state index in [-0.39, 0.29) is 5.97 Å². The van der Waals surface area contributed by atoms with Crippen molar-refractivity contribution in [2.24, 2.45) is 0 Å². The Morgan fingerprint density at radius 2 is 1.41 bits per heavy atom. The summed E-state index contributed by atoms with van der Waals surface area (Å²) >= 11 is 0. The van der Waals surface area contributed by atoms with E-state index in [2.05, 4.69) is 4.74 Å². The number of hydrogen-bond acceptors (Lipinski definition) is 3. The summed E-state index contributed by atoms with van der Waals surface area (Å²) in [5, 5.41) is 0. The fraction of sp³-hybridized carbons (Fsp3) is 0.0714. The highest BCUT2D eigenvalue weighted by atomic mass is 16.5. The zero-order valence-corrected chi connectivity index (χ0v) is 9.67. The monoisotopic (exact) mass is 229 g/mol. The SMILES string of the molecule is COC(=O)c1ccccc1.Nc1ccccc1. The van der Waals surface area contributed by atoms with Gasteiger partial charge >= 0.3 is 5.97 Å². The summed E-state index contributed by atoms with van der Waals surface area (Å²) in [7, 11) is 1.37. The molecule has 0 aliphatic carbocycles. The average Bonchev–Trinajstić information content (AvgIpc) is 2.40. The predicted molar refractivity (Wildman–Crippen MR) is 68.6 cm³/mol. The molecule has 2 N–H and O–H groups in total. The lowest BCUT2D eigenvalue weighted by atomic mass is 10.2. The number of nitrogen functional groups attached to an aromatic ring is 1.